The molecule has 0 spiro atoms. The molecule has 0 aromatic heterocycles. The van der Waals surface area contributed by atoms with Crippen LogP contribution in [-0.2, 0) is 9.59 Å². The number of anilines is 1. The lowest BCUT2D eigenvalue weighted by atomic mass is 10.1. The summed E-state index contributed by atoms with van der Waals surface area (Å²) in [7, 11) is 1.73. The molecule has 27 heavy (non-hydrogen) atoms. The topological polar surface area (TPSA) is 90.5 Å². The minimum Gasteiger partial charge on any atom is -0.352 e. The summed E-state index contributed by atoms with van der Waals surface area (Å²) in [5.41, 5.74) is 0.959. The van der Waals surface area contributed by atoms with Crippen LogP contribution in [0.4, 0.5) is 5.69 Å². The van der Waals surface area contributed by atoms with Gasteiger partial charge < -0.3 is 16.0 Å². The van der Waals surface area contributed by atoms with E-state index in [1.165, 1.54) is 0 Å². The van der Waals surface area contributed by atoms with E-state index in [4.69, 9.17) is 0 Å². The van der Waals surface area contributed by atoms with Crippen LogP contribution in [0.5, 0.6) is 0 Å². The van der Waals surface area contributed by atoms with Crippen LogP contribution in [0, 0.1) is 0 Å². The third kappa shape index (κ3) is 6.06. The van der Waals surface area contributed by atoms with Crippen molar-refractivity contribution in [3.63, 3.8) is 0 Å². The number of carbonyl (C=O) groups excluding carboxylic acids is 3. The van der Waals surface area contributed by atoms with Gasteiger partial charge in [0.2, 0.25) is 11.8 Å². The van der Waals surface area contributed by atoms with Crippen LogP contribution in [0.15, 0.2) is 24.3 Å². The number of nitrogens with one attached hydrogen (secondary N) is 3. The van der Waals surface area contributed by atoms with Crippen LogP contribution < -0.4 is 16.0 Å². The molecule has 1 aromatic rings. The third-order valence-corrected chi connectivity index (χ3v) is 4.91. The van der Waals surface area contributed by atoms with Crippen molar-refractivity contribution in [2.75, 3.05) is 25.5 Å². The molecule has 2 aliphatic carbocycles. The molecule has 146 valence electrons. The Kier molecular flexibility index (Phi) is 6.45. The Labute approximate surface area is 159 Å². The van der Waals surface area contributed by atoms with Crippen LogP contribution >= 0.6 is 0 Å². The van der Waals surface area contributed by atoms with E-state index >= 15 is 0 Å². The fourth-order valence-electron chi connectivity index (χ4n) is 3.36. The molecule has 1 aromatic carbocycles. The molecule has 0 saturated heterocycles. The smallest absolute Gasteiger partial charge is 0.253 e. The maximum Gasteiger partial charge on any atom is 0.253 e. The number of hydrogen-bond acceptors (Lipinski definition) is 4. The lowest BCUT2D eigenvalue weighted by Crippen LogP contribution is -2.39. The summed E-state index contributed by atoms with van der Waals surface area (Å²) in [6.07, 6.45) is 6.38. The maximum absolute atomic E-state index is 12.6. The van der Waals surface area contributed by atoms with Gasteiger partial charge in [0.25, 0.3) is 5.91 Å². The van der Waals surface area contributed by atoms with Crippen molar-refractivity contribution in [2.45, 2.75) is 50.6 Å². The van der Waals surface area contributed by atoms with Crippen LogP contribution in [-0.4, -0.2) is 54.8 Å². The Morgan fingerprint density at radius 3 is 2.26 bits per heavy atom. The molecule has 3 rings (SSSR count). The van der Waals surface area contributed by atoms with Crippen molar-refractivity contribution in [3.05, 3.63) is 29.8 Å². The molecular formula is C20H28N4O3. The monoisotopic (exact) mass is 372 g/mol. The molecule has 3 amide bonds. The molecule has 2 aliphatic rings. The Balaban J connectivity index is 1.52. The number of hydrogen-bond donors (Lipinski definition) is 3. The molecular weight excluding hydrogens is 344 g/mol. The summed E-state index contributed by atoms with van der Waals surface area (Å²) in [5, 5.41) is 8.75. The molecule has 0 bridgehead atoms. The first-order chi connectivity index (χ1) is 13.0. The largest absolute Gasteiger partial charge is 0.352 e. The molecule has 7 heteroatoms. The van der Waals surface area contributed by atoms with Crippen LogP contribution in [0.2, 0.25) is 0 Å². The van der Waals surface area contributed by atoms with Crippen molar-refractivity contribution in [1.29, 1.82) is 0 Å². The van der Waals surface area contributed by atoms with Gasteiger partial charge in [0.15, 0.2) is 0 Å². The quantitative estimate of drug-likeness (QED) is 0.645. The minimum absolute atomic E-state index is 0.0656. The van der Waals surface area contributed by atoms with E-state index in [-0.39, 0.29) is 36.9 Å². The van der Waals surface area contributed by atoms with Crippen molar-refractivity contribution < 1.29 is 14.4 Å². The van der Waals surface area contributed by atoms with E-state index < -0.39 is 0 Å². The highest BCUT2D eigenvalue weighted by Crippen LogP contribution is 2.20. The van der Waals surface area contributed by atoms with Gasteiger partial charge in [0.1, 0.15) is 0 Å². The second-order valence-corrected chi connectivity index (χ2v) is 7.56. The number of para-hydroxylation sites is 1. The summed E-state index contributed by atoms with van der Waals surface area (Å²) in [6.45, 7) is 0.254. The van der Waals surface area contributed by atoms with Crippen molar-refractivity contribution in [2.24, 2.45) is 0 Å². The number of nitrogens with zero attached hydrogens (tertiary/aromatic N) is 1. The summed E-state index contributed by atoms with van der Waals surface area (Å²) in [6, 6.07) is 7.54. The Bertz CT molecular complexity index is 696. The van der Waals surface area contributed by atoms with Gasteiger partial charge in [-0.15, -0.1) is 0 Å². The first-order valence-electron chi connectivity index (χ1n) is 9.69. The molecule has 2 saturated carbocycles. The second kappa shape index (κ2) is 8.99. The van der Waals surface area contributed by atoms with Gasteiger partial charge in [0.05, 0.1) is 24.3 Å². The summed E-state index contributed by atoms with van der Waals surface area (Å²) >= 11 is 0. The molecule has 0 atom stereocenters. The van der Waals surface area contributed by atoms with Crippen molar-refractivity contribution in [3.8, 4) is 0 Å². The number of rotatable bonds is 8. The van der Waals surface area contributed by atoms with E-state index in [9.17, 15) is 14.4 Å². The fraction of sp³-hybridized carbons (Fsp3) is 0.550. The number of likely N-dealkylation sites (N-methyl/N-ethyl adjacent to an activating group) is 1. The van der Waals surface area contributed by atoms with Gasteiger partial charge in [-0.05, 0) is 44.9 Å². The molecule has 7 nitrogen and oxygen atoms in total. The minimum atomic E-state index is -0.252. The van der Waals surface area contributed by atoms with E-state index in [0.717, 1.165) is 38.5 Å². The summed E-state index contributed by atoms with van der Waals surface area (Å²) < 4.78 is 0. The number of benzene rings is 1. The maximum atomic E-state index is 12.6. The molecule has 2 fully saturated rings. The molecule has 3 N–H and O–H groups in total. The van der Waals surface area contributed by atoms with Crippen molar-refractivity contribution in [1.82, 2.24) is 15.5 Å². The van der Waals surface area contributed by atoms with Gasteiger partial charge in [-0.2, -0.15) is 0 Å². The first kappa shape index (κ1) is 19.4. The zero-order valence-corrected chi connectivity index (χ0v) is 15.8. The summed E-state index contributed by atoms with van der Waals surface area (Å²) in [5.74, 6) is -0.475. The van der Waals surface area contributed by atoms with Gasteiger partial charge in [-0.3, -0.25) is 19.3 Å². The van der Waals surface area contributed by atoms with Gasteiger partial charge in [-0.1, -0.05) is 25.0 Å². The van der Waals surface area contributed by atoms with E-state index in [0.29, 0.717) is 17.3 Å². The first-order valence-corrected chi connectivity index (χ1v) is 9.69. The van der Waals surface area contributed by atoms with Gasteiger partial charge in [0, 0.05) is 12.1 Å². The lowest BCUT2D eigenvalue weighted by Gasteiger charge is -2.18. The fourth-order valence-corrected chi connectivity index (χ4v) is 3.36. The third-order valence-electron chi connectivity index (χ3n) is 4.91. The predicted octanol–water partition coefficient (Wildman–Crippen LogP) is 1.51. The van der Waals surface area contributed by atoms with Crippen LogP contribution in [0.1, 0.15) is 48.9 Å². The zero-order valence-electron chi connectivity index (χ0n) is 15.8. The Morgan fingerprint density at radius 1 is 0.926 bits per heavy atom. The highest BCUT2D eigenvalue weighted by molar-refractivity contribution is 6.04. The molecule has 0 aliphatic heterocycles. The van der Waals surface area contributed by atoms with Crippen LogP contribution in [0.3, 0.4) is 0 Å². The lowest BCUT2D eigenvalue weighted by molar-refractivity contribution is -0.123. The zero-order chi connectivity index (χ0) is 19.2. The van der Waals surface area contributed by atoms with Gasteiger partial charge >= 0.3 is 0 Å². The standard InChI is InChI=1S/C20H28N4O3/c1-24(12-18(25)21-15-10-11-15)13-19(26)23-17-9-5-4-8-16(17)20(27)22-14-6-2-3-7-14/h4-5,8-9,14-15H,2-3,6-7,10-13H2,1H3,(H,21,25)(H,22,27)(H,23,26). The van der Waals surface area contributed by atoms with Gasteiger partial charge in [-0.25, -0.2) is 0 Å². The SMILES string of the molecule is CN(CC(=O)Nc1ccccc1C(=O)NC1CCCC1)CC(=O)NC1CC1. The van der Waals surface area contributed by atoms with E-state index in [1.54, 1.807) is 36.2 Å². The van der Waals surface area contributed by atoms with E-state index in [2.05, 4.69) is 16.0 Å². The average Bonchev–Trinajstić information content (AvgIpc) is 3.27. The number of amides is 3. The van der Waals surface area contributed by atoms with Crippen molar-refractivity contribution >= 4 is 23.4 Å². The Morgan fingerprint density at radius 2 is 1.56 bits per heavy atom. The van der Waals surface area contributed by atoms with Crippen LogP contribution in [0.25, 0.3) is 0 Å². The molecule has 0 unspecified atom stereocenters. The molecule has 0 heterocycles. The average molecular weight is 372 g/mol. The van der Waals surface area contributed by atoms with E-state index in [1.807, 2.05) is 0 Å². The highest BCUT2D eigenvalue weighted by atomic mass is 16.2. The Hall–Kier alpha value is -2.41. The highest BCUT2D eigenvalue weighted by Gasteiger charge is 2.24. The predicted molar refractivity (Wildman–Crippen MR) is 103 cm³/mol. The number of carbonyl (C=O) groups is 3. The normalized spacial score (nSPS) is 17.0. The summed E-state index contributed by atoms with van der Waals surface area (Å²) in [4.78, 5) is 38.4. The second-order valence-electron chi connectivity index (χ2n) is 7.56. The molecule has 0 radical (unpaired) electrons.